The van der Waals surface area contributed by atoms with Crippen LogP contribution in [0.3, 0.4) is 0 Å². The van der Waals surface area contributed by atoms with E-state index in [0.717, 1.165) is 34.5 Å². The van der Waals surface area contributed by atoms with Crippen LogP contribution in [0, 0.1) is 0 Å². The third-order valence-electron chi connectivity index (χ3n) is 3.70. The molecule has 6 heteroatoms. The zero-order valence-corrected chi connectivity index (χ0v) is 13.7. The first-order valence-corrected chi connectivity index (χ1v) is 8.06. The van der Waals surface area contributed by atoms with Gasteiger partial charge >= 0.3 is 0 Å². The Hall–Kier alpha value is -2.66. The Morgan fingerprint density at radius 3 is 2.79 bits per heavy atom. The standard InChI is InChI=1S/C18H14ClN3O2/c1-2-16-20-14-10-12(6-7-15(14)23-16)18-21-17(24-22-18)9-11-4-3-5-13(19)8-11/h3-8,10H,2,9H2,1H3. The van der Waals surface area contributed by atoms with Gasteiger partial charge in [-0.2, -0.15) is 4.98 Å². The molecule has 2 aromatic carbocycles. The molecule has 0 saturated carbocycles. The minimum absolute atomic E-state index is 0.537. The average molecular weight is 340 g/mol. The van der Waals surface area contributed by atoms with Gasteiger partial charge in [0.1, 0.15) is 5.52 Å². The van der Waals surface area contributed by atoms with Crippen molar-refractivity contribution in [1.82, 2.24) is 15.1 Å². The van der Waals surface area contributed by atoms with Gasteiger partial charge in [0.15, 0.2) is 11.5 Å². The van der Waals surface area contributed by atoms with E-state index >= 15 is 0 Å². The minimum atomic E-state index is 0.537. The molecule has 0 aliphatic carbocycles. The first-order valence-electron chi connectivity index (χ1n) is 7.68. The van der Waals surface area contributed by atoms with Gasteiger partial charge in [0.2, 0.25) is 11.7 Å². The first kappa shape index (κ1) is 14.9. The minimum Gasteiger partial charge on any atom is -0.441 e. The molecule has 0 atom stereocenters. The van der Waals surface area contributed by atoms with Crippen molar-refractivity contribution in [1.29, 1.82) is 0 Å². The van der Waals surface area contributed by atoms with Crippen molar-refractivity contribution in [3.63, 3.8) is 0 Å². The number of oxazole rings is 1. The Morgan fingerprint density at radius 1 is 1.04 bits per heavy atom. The number of halogens is 1. The zero-order valence-electron chi connectivity index (χ0n) is 13.0. The van der Waals surface area contributed by atoms with Crippen molar-refractivity contribution in [3.8, 4) is 11.4 Å². The third-order valence-corrected chi connectivity index (χ3v) is 3.94. The summed E-state index contributed by atoms with van der Waals surface area (Å²) in [5.74, 6) is 1.80. The second-order valence-electron chi connectivity index (χ2n) is 5.46. The van der Waals surface area contributed by atoms with E-state index in [2.05, 4.69) is 15.1 Å². The Labute approximate surface area is 143 Å². The molecule has 2 aromatic heterocycles. The summed E-state index contributed by atoms with van der Waals surface area (Å²) in [6.45, 7) is 2.01. The summed E-state index contributed by atoms with van der Waals surface area (Å²) >= 11 is 6.00. The highest BCUT2D eigenvalue weighted by molar-refractivity contribution is 6.30. The van der Waals surface area contributed by atoms with Gasteiger partial charge in [0, 0.05) is 17.0 Å². The molecule has 0 amide bonds. The van der Waals surface area contributed by atoms with Gasteiger partial charge in [-0.15, -0.1) is 0 Å². The average Bonchev–Trinajstić information content (AvgIpc) is 3.20. The van der Waals surface area contributed by atoms with Crippen molar-refractivity contribution >= 4 is 22.7 Å². The van der Waals surface area contributed by atoms with Gasteiger partial charge in [0.25, 0.3) is 0 Å². The lowest BCUT2D eigenvalue weighted by molar-refractivity contribution is 0.385. The number of benzene rings is 2. The lowest BCUT2D eigenvalue weighted by Gasteiger charge is -1.96. The Morgan fingerprint density at radius 2 is 1.96 bits per heavy atom. The number of aromatic nitrogens is 3. The largest absolute Gasteiger partial charge is 0.441 e. The molecule has 5 nitrogen and oxygen atoms in total. The van der Waals surface area contributed by atoms with Gasteiger partial charge in [0.05, 0.1) is 6.42 Å². The van der Waals surface area contributed by atoms with Crippen LogP contribution < -0.4 is 0 Å². The molecule has 0 spiro atoms. The molecule has 4 rings (SSSR count). The summed E-state index contributed by atoms with van der Waals surface area (Å²) in [6.07, 6.45) is 1.30. The normalized spacial score (nSPS) is 11.2. The molecule has 120 valence electrons. The number of rotatable bonds is 4. The molecular formula is C18H14ClN3O2. The van der Waals surface area contributed by atoms with Gasteiger partial charge < -0.3 is 8.94 Å². The van der Waals surface area contributed by atoms with Crippen molar-refractivity contribution in [3.05, 3.63) is 64.8 Å². The van der Waals surface area contributed by atoms with E-state index in [-0.39, 0.29) is 0 Å². The fourth-order valence-electron chi connectivity index (χ4n) is 2.53. The summed E-state index contributed by atoms with van der Waals surface area (Å²) in [7, 11) is 0. The molecule has 4 aromatic rings. The van der Waals surface area contributed by atoms with Crippen LogP contribution in [-0.4, -0.2) is 15.1 Å². The number of nitrogens with zero attached hydrogens (tertiary/aromatic N) is 3. The zero-order chi connectivity index (χ0) is 16.5. The highest BCUT2D eigenvalue weighted by atomic mass is 35.5. The van der Waals surface area contributed by atoms with E-state index in [4.69, 9.17) is 20.5 Å². The Balaban J connectivity index is 1.62. The van der Waals surface area contributed by atoms with Crippen LogP contribution in [0.2, 0.25) is 5.02 Å². The predicted molar refractivity (Wildman–Crippen MR) is 90.9 cm³/mol. The van der Waals surface area contributed by atoms with Crippen molar-refractivity contribution in [2.45, 2.75) is 19.8 Å². The topological polar surface area (TPSA) is 65.0 Å². The maximum Gasteiger partial charge on any atom is 0.231 e. The number of hydrogen-bond donors (Lipinski definition) is 0. The quantitative estimate of drug-likeness (QED) is 0.540. The summed E-state index contributed by atoms with van der Waals surface area (Å²) in [4.78, 5) is 8.89. The van der Waals surface area contributed by atoms with Gasteiger partial charge in [-0.3, -0.25) is 0 Å². The molecule has 0 aliphatic rings. The smallest absolute Gasteiger partial charge is 0.231 e. The lowest BCUT2D eigenvalue weighted by atomic mass is 10.1. The highest BCUT2D eigenvalue weighted by Crippen LogP contribution is 2.24. The van der Waals surface area contributed by atoms with Crippen LogP contribution in [0.5, 0.6) is 0 Å². The van der Waals surface area contributed by atoms with E-state index in [1.807, 2.05) is 49.4 Å². The fourth-order valence-corrected chi connectivity index (χ4v) is 2.74. The summed E-state index contributed by atoms with van der Waals surface area (Å²) < 4.78 is 11.0. The molecule has 0 N–H and O–H groups in total. The van der Waals surface area contributed by atoms with Crippen LogP contribution in [0.1, 0.15) is 24.3 Å². The first-order chi connectivity index (χ1) is 11.7. The van der Waals surface area contributed by atoms with Gasteiger partial charge in [-0.05, 0) is 35.9 Å². The van der Waals surface area contributed by atoms with E-state index in [0.29, 0.717) is 23.2 Å². The Kier molecular flexibility index (Phi) is 3.78. The van der Waals surface area contributed by atoms with Gasteiger partial charge in [-0.25, -0.2) is 4.98 Å². The molecule has 0 saturated heterocycles. The van der Waals surface area contributed by atoms with Crippen LogP contribution >= 0.6 is 11.6 Å². The SMILES string of the molecule is CCc1nc2cc(-c3noc(Cc4cccc(Cl)c4)n3)ccc2o1. The number of hydrogen-bond acceptors (Lipinski definition) is 5. The lowest BCUT2D eigenvalue weighted by Crippen LogP contribution is -1.88. The second kappa shape index (κ2) is 6.09. The van der Waals surface area contributed by atoms with Crippen molar-refractivity contribution in [2.24, 2.45) is 0 Å². The third kappa shape index (κ3) is 2.90. The van der Waals surface area contributed by atoms with Crippen LogP contribution in [0.4, 0.5) is 0 Å². The molecule has 0 radical (unpaired) electrons. The van der Waals surface area contributed by atoms with E-state index in [1.54, 1.807) is 0 Å². The van der Waals surface area contributed by atoms with E-state index in [9.17, 15) is 0 Å². The molecule has 2 heterocycles. The van der Waals surface area contributed by atoms with Crippen molar-refractivity contribution in [2.75, 3.05) is 0 Å². The van der Waals surface area contributed by atoms with Crippen LogP contribution in [0.25, 0.3) is 22.5 Å². The monoisotopic (exact) mass is 339 g/mol. The van der Waals surface area contributed by atoms with E-state index < -0.39 is 0 Å². The summed E-state index contributed by atoms with van der Waals surface area (Å²) in [5.41, 5.74) is 3.43. The molecular weight excluding hydrogens is 326 g/mol. The molecule has 0 unspecified atom stereocenters. The molecule has 0 bridgehead atoms. The van der Waals surface area contributed by atoms with Gasteiger partial charge in [-0.1, -0.05) is 35.8 Å². The molecule has 24 heavy (non-hydrogen) atoms. The highest BCUT2D eigenvalue weighted by Gasteiger charge is 2.12. The predicted octanol–water partition coefficient (Wildman–Crippen LogP) is 4.68. The summed E-state index contributed by atoms with van der Waals surface area (Å²) in [6, 6.07) is 13.3. The maximum atomic E-state index is 6.00. The maximum absolute atomic E-state index is 6.00. The van der Waals surface area contributed by atoms with Crippen LogP contribution in [0.15, 0.2) is 51.4 Å². The van der Waals surface area contributed by atoms with Crippen molar-refractivity contribution < 1.29 is 8.94 Å². The summed E-state index contributed by atoms with van der Waals surface area (Å²) in [5, 5.41) is 4.75. The number of aryl methyl sites for hydroxylation is 1. The molecule has 0 fully saturated rings. The fraction of sp³-hybridized carbons (Fsp3) is 0.167. The van der Waals surface area contributed by atoms with E-state index in [1.165, 1.54) is 0 Å². The second-order valence-corrected chi connectivity index (χ2v) is 5.90. The molecule has 0 aliphatic heterocycles. The Bertz CT molecular complexity index is 1010. The van der Waals surface area contributed by atoms with Crippen LogP contribution in [-0.2, 0) is 12.8 Å². The number of fused-ring (bicyclic) bond motifs is 1.